The lowest BCUT2D eigenvalue weighted by molar-refractivity contribution is 0.0595. The van der Waals surface area contributed by atoms with E-state index < -0.39 is 11.8 Å². The molecule has 9 heteroatoms. The van der Waals surface area contributed by atoms with Crippen LogP contribution >= 0.6 is 0 Å². The molecule has 0 aliphatic carbocycles. The van der Waals surface area contributed by atoms with Crippen LogP contribution in [0.2, 0.25) is 0 Å². The van der Waals surface area contributed by atoms with E-state index in [9.17, 15) is 9.18 Å². The maximum atomic E-state index is 14.2. The van der Waals surface area contributed by atoms with Gasteiger partial charge in [-0.25, -0.2) is 13.7 Å². The summed E-state index contributed by atoms with van der Waals surface area (Å²) in [5.41, 5.74) is 9.34. The molecule has 1 aliphatic rings. The number of carbonyl (C=O) groups is 1. The van der Waals surface area contributed by atoms with Crippen LogP contribution in [0.1, 0.15) is 15.9 Å². The zero-order chi connectivity index (χ0) is 19.8. The summed E-state index contributed by atoms with van der Waals surface area (Å²) in [6.07, 6.45) is 1.77. The minimum atomic E-state index is -0.724. The lowest BCUT2D eigenvalue weighted by atomic mass is 9.98. The molecule has 0 bridgehead atoms. The number of halogens is 1. The number of benzene rings is 1. The number of ether oxygens (including phenoxy) is 2. The molecular weight excluding hydrogens is 365 g/mol. The molecule has 0 radical (unpaired) electrons. The molecule has 1 saturated heterocycles. The molecule has 3 aromatic rings. The fourth-order valence-corrected chi connectivity index (χ4v) is 3.42. The van der Waals surface area contributed by atoms with Crippen molar-refractivity contribution in [2.75, 3.05) is 44.0 Å². The van der Waals surface area contributed by atoms with Crippen molar-refractivity contribution >= 4 is 23.3 Å². The molecular formula is C19H20FN5O3. The lowest BCUT2D eigenvalue weighted by Gasteiger charge is -2.29. The zero-order valence-electron chi connectivity index (χ0n) is 15.6. The summed E-state index contributed by atoms with van der Waals surface area (Å²) in [5, 5.41) is 4.24. The average Bonchev–Trinajstić information content (AvgIpc) is 3.07. The third-order valence-electron chi connectivity index (χ3n) is 4.81. The van der Waals surface area contributed by atoms with Crippen molar-refractivity contribution in [2.24, 2.45) is 0 Å². The standard InChI is InChI=1S/C19H20FN5O3/c1-11-7-15(20)14(18(26)27-2)9-13(11)12-8-16(24-3-5-28-6-4-24)17-22-19(21)23-25(17)10-12/h7-10H,3-6H2,1-2H3,(H2,21,23). The van der Waals surface area contributed by atoms with Crippen molar-refractivity contribution < 1.29 is 18.7 Å². The number of aryl methyl sites for hydroxylation is 1. The summed E-state index contributed by atoms with van der Waals surface area (Å²) in [6.45, 7) is 4.43. The van der Waals surface area contributed by atoms with E-state index in [0.717, 1.165) is 11.3 Å². The maximum Gasteiger partial charge on any atom is 0.340 e. The quantitative estimate of drug-likeness (QED) is 0.690. The molecule has 8 nitrogen and oxygen atoms in total. The Hall–Kier alpha value is -3.20. The molecule has 4 rings (SSSR count). The van der Waals surface area contributed by atoms with Crippen LogP contribution in [0.4, 0.5) is 16.0 Å². The van der Waals surface area contributed by atoms with Crippen LogP contribution in [0, 0.1) is 12.7 Å². The summed E-state index contributed by atoms with van der Waals surface area (Å²) in [6, 6.07) is 4.78. The molecule has 0 unspecified atom stereocenters. The van der Waals surface area contributed by atoms with Crippen LogP contribution in [-0.4, -0.2) is 54.0 Å². The van der Waals surface area contributed by atoms with Crippen LogP contribution in [0.15, 0.2) is 24.4 Å². The van der Waals surface area contributed by atoms with Gasteiger partial charge in [-0.2, -0.15) is 4.98 Å². The van der Waals surface area contributed by atoms with Crippen LogP contribution in [0.25, 0.3) is 16.8 Å². The van der Waals surface area contributed by atoms with E-state index in [2.05, 4.69) is 15.0 Å². The number of nitrogens with zero attached hydrogens (tertiary/aromatic N) is 4. The highest BCUT2D eigenvalue weighted by Crippen LogP contribution is 2.32. The van der Waals surface area contributed by atoms with E-state index in [1.807, 2.05) is 6.07 Å². The molecule has 1 aliphatic heterocycles. The molecule has 0 saturated carbocycles. The topological polar surface area (TPSA) is 95.0 Å². The van der Waals surface area contributed by atoms with Gasteiger partial charge in [0, 0.05) is 24.8 Å². The highest BCUT2D eigenvalue weighted by atomic mass is 19.1. The number of morpholine rings is 1. The highest BCUT2D eigenvalue weighted by Gasteiger charge is 2.21. The Kier molecular flexibility index (Phi) is 4.60. The van der Waals surface area contributed by atoms with Crippen molar-refractivity contribution in [1.29, 1.82) is 0 Å². The van der Waals surface area contributed by atoms with Crippen LogP contribution in [0.5, 0.6) is 0 Å². The Labute approximate surface area is 160 Å². The zero-order valence-corrected chi connectivity index (χ0v) is 15.6. The summed E-state index contributed by atoms with van der Waals surface area (Å²) >= 11 is 0. The Morgan fingerprint density at radius 1 is 1.29 bits per heavy atom. The first-order valence-corrected chi connectivity index (χ1v) is 8.85. The first-order chi connectivity index (χ1) is 13.5. The van der Waals surface area contributed by atoms with Gasteiger partial charge in [-0.15, -0.1) is 5.10 Å². The molecule has 28 heavy (non-hydrogen) atoms. The Balaban J connectivity index is 1.91. The largest absolute Gasteiger partial charge is 0.465 e. The molecule has 0 amide bonds. The van der Waals surface area contributed by atoms with E-state index in [1.54, 1.807) is 17.6 Å². The fourth-order valence-electron chi connectivity index (χ4n) is 3.42. The molecule has 2 aromatic heterocycles. The molecule has 1 fully saturated rings. The normalized spacial score (nSPS) is 14.5. The number of methoxy groups -OCH3 is 1. The molecule has 0 spiro atoms. The van der Waals surface area contributed by atoms with Gasteiger partial charge in [0.2, 0.25) is 5.95 Å². The minimum absolute atomic E-state index is 0.116. The van der Waals surface area contributed by atoms with Crippen molar-refractivity contribution in [3.05, 3.63) is 41.3 Å². The van der Waals surface area contributed by atoms with Gasteiger partial charge in [-0.3, -0.25) is 0 Å². The summed E-state index contributed by atoms with van der Waals surface area (Å²) in [5.74, 6) is -1.18. The minimum Gasteiger partial charge on any atom is -0.465 e. The number of fused-ring (bicyclic) bond motifs is 1. The second-order valence-corrected chi connectivity index (χ2v) is 6.59. The van der Waals surface area contributed by atoms with E-state index in [4.69, 9.17) is 15.2 Å². The van der Waals surface area contributed by atoms with Gasteiger partial charge in [-0.1, -0.05) is 0 Å². The van der Waals surface area contributed by atoms with Crippen molar-refractivity contribution in [1.82, 2.24) is 14.6 Å². The summed E-state index contributed by atoms with van der Waals surface area (Å²) in [4.78, 5) is 18.4. The monoisotopic (exact) mass is 385 g/mol. The Bertz CT molecular complexity index is 1060. The van der Waals surface area contributed by atoms with E-state index in [0.29, 0.717) is 43.1 Å². The number of pyridine rings is 1. The third-order valence-corrected chi connectivity index (χ3v) is 4.81. The second-order valence-electron chi connectivity index (χ2n) is 6.59. The fraction of sp³-hybridized carbons (Fsp3) is 0.316. The third kappa shape index (κ3) is 3.13. The smallest absolute Gasteiger partial charge is 0.340 e. The second kappa shape index (κ2) is 7.08. The summed E-state index contributed by atoms with van der Waals surface area (Å²) in [7, 11) is 1.22. The van der Waals surface area contributed by atoms with E-state index in [-0.39, 0.29) is 11.5 Å². The average molecular weight is 385 g/mol. The van der Waals surface area contributed by atoms with Gasteiger partial charge in [0.05, 0.1) is 31.6 Å². The van der Waals surface area contributed by atoms with Gasteiger partial charge in [0.15, 0.2) is 5.65 Å². The molecule has 2 N–H and O–H groups in total. The Morgan fingerprint density at radius 2 is 2.04 bits per heavy atom. The number of hydrogen-bond acceptors (Lipinski definition) is 7. The molecule has 3 heterocycles. The van der Waals surface area contributed by atoms with Gasteiger partial charge in [0.25, 0.3) is 0 Å². The number of rotatable bonds is 3. The van der Waals surface area contributed by atoms with Gasteiger partial charge in [-0.05, 0) is 36.2 Å². The summed E-state index contributed by atoms with van der Waals surface area (Å²) < 4.78 is 26.0. The van der Waals surface area contributed by atoms with E-state index in [1.165, 1.54) is 19.2 Å². The van der Waals surface area contributed by atoms with E-state index >= 15 is 0 Å². The number of nitrogen functional groups attached to an aromatic ring is 1. The predicted molar refractivity (Wildman–Crippen MR) is 102 cm³/mol. The number of hydrogen-bond donors (Lipinski definition) is 1. The number of anilines is 2. The van der Waals surface area contributed by atoms with Crippen molar-refractivity contribution in [2.45, 2.75) is 6.92 Å². The number of aromatic nitrogens is 3. The van der Waals surface area contributed by atoms with Gasteiger partial charge >= 0.3 is 5.97 Å². The SMILES string of the molecule is COC(=O)c1cc(-c2cc(N3CCOCC3)c3nc(N)nn3c2)c(C)cc1F. The van der Waals surface area contributed by atoms with Gasteiger partial charge < -0.3 is 20.1 Å². The predicted octanol–water partition coefficient (Wildman–Crippen LogP) is 2.05. The van der Waals surface area contributed by atoms with Crippen LogP contribution in [-0.2, 0) is 9.47 Å². The van der Waals surface area contributed by atoms with Crippen molar-refractivity contribution in [3.63, 3.8) is 0 Å². The Morgan fingerprint density at radius 3 is 2.75 bits per heavy atom. The van der Waals surface area contributed by atoms with Crippen LogP contribution in [0.3, 0.4) is 0 Å². The molecule has 146 valence electrons. The maximum absolute atomic E-state index is 14.2. The number of esters is 1. The number of carbonyl (C=O) groups excluding carboxylic acids is 1. The van der Waals surface area contributed by atoms with Crippen molar-refractivity contribution in [3.8, 4) is 11.1 Å². The number of nitrogens with two attached hydrogens (primary N) is 1. The first kappa shape index (κ1) is 18.2. The first-order valence-electron chi connectivity index (χ1n) is 8.85. The molecule has 1 aromatic carbocycles. The molecule has 0 atom stereocenters. The van der Waals surface area contributed by atoms with Gasteiger partial charge in [0.1, 0.15) is 5.82 Å². The highest BCUT2D eigenvalue weighted by molar-refractivity contribution is 5.92. The lowest BCUT2D eigenvalue weighted by Crippen LogP contribution is -2.36. The van der Waals surface area contributed by atoms with Crippen LogP contribution < -0.4 is 10.6 Å².